The van der Waals surface area contributed by atoms with E-state index in [-0.39, 0.29) is 5.56 Å². The average Bonchev–Trinajstić information content (AvgIpc) is 2.93. The summed E-state index contributed by atoms with van der Waals surface area (Å²) in [5.41, 5.74) is 0.0341. The van der Waals surface area contributed by atoms with E-state index in [1.165, 1.54) is 32.3 Å². The lowest BCUT2D eigenvalue weighted by Gasteiger charge is -2.19. The summed E-state index contributed by atoms with van der Waals surface area (Å²) in [6, 6.07) is 5.40. The van der Waals surface area contributed by atoms with Crippen LogP contribution in [0.1, 0.15) is 28.3 Å². The van der Waals surface area contributed by atoms with E-state index in [9.17, 15) is 18.0 Å². The molecular weight excluding hydrogens is 283 g/mol. The first-order valence-corrected chi connectivity index (χ1v) is 6.23. The van der Waals surface area contributed by atoms with Crippen molar-refractivity contribution in [2.75, 3.05) is 7.05 Å². The molecule has 0 aliphatic rings. The van der Waals surface area contributed by atoms with E-state index in [1.54, 1.807) is 6.07 Å². The molecule has 1 unspecified atom stereocenters. The molecule has 0 saturated heterocycles. The van der Waals surface area contributed by atoms with Crippen LogP contribution in [0, 0.1) is 6.92 Å². The summed E-state index contributed by atoms with van der Waals surface area (Å²) in [7, 11) is 1.44. The Balaban J connectivity index is 2.59. The highest BCUT2D eigenvalue weighted by Crippen LogP contribution is 2.36. The van der Waals surface area contributed by atoms with Gasteiger partial charge in [-0.1, -0.05) is 12.1 Å². The first-order chi connectivity index (χ1) is 9.86. The van der Waals surface area contributed by atoms with Gasteiger partial charge in [0.2, 0.25) is 5.91 Å². The molecule has 1 heterocycles. The standard InChI is InChI=1S/C14H14F3N3O/c1-8-9(4-3-5-10(8)14(15,16)17)12(13(21)18-2)11-6-7-19-20-11/h3-7,12H,1-2H3,(H,18,21)(H,19,20). The molecule has 2 rings (SSSR count). The van der Waals surface area contributed by atoms with Crippen LogP contribution in [0.25, 0.3) is 0 Å². The van der Waals surface area contributed by atoms with Gasteiger partial charge in [0.25, 0.3) is 0 Å². The van der Waals surface area contributed by atoms with Gasteiger partial charge >= 0.3 is 6.18 Å². The number of nitrogens with one attached hydrogen (secondary N) is 2. The van der Waals surface area contributed by atoms with Crippen molar-refractivity contribution in [1.82, 2.24) is 15.5 Å². The first-order valence-electron chi connectivity index (χ1n) is 6.23. The van der Waals surface area contributed by atoms with Crippen molar-refractivity contribution >= 4 is 5.91 Å². The van der Waals surface area contributed by atoms with E-state index >= 15 is 0 Å². The molecule has 1 aromatic carbocycles. The van der Waals surface area contributed by atoms with Crippen molar-refractivity contribution in [1.29, 1.82) is 0 Å². The van der Waals surface area contributed by atoms with Gasteiger partial charge in [0.1, 0.15) is 5.92 Å². The molecule has 4 nitrogen and oxygen atoms in total. The van der Waals surface area contributed by atoms with Crippen molar-refractivity contribution in [3.05, 3.63) is 52.8 Å². The predicted octanol–water partition coefficient (Wildman–Crippen LogP) is 2.61. The largest absolute Gasteiger partial charge is 0.416 e. The normalized spacial score (nSPS) is 13.0. The molecule has 2 N–H and O–H groups in total. The summed E-state index contributed by atoms with van der Waals surface area (Å²) in [5, 5.41) is 8.87. The summed E-state index contributed by atoms with van der Waals surface area (Å²) < 4.78 is 39.0. The van der Waals surface area contributed by atoms with E-state index in [1.807, 2.05) is 0 Å². The second kappa shape index (κ2) is 5.59. The van der Waals surface area contributed by atoms with Crippen LogP contribution < -0.4 is 5.32 Å². The number of aromatic nitrogens is 2. The smallest absolute Gasteiger partial charge is 0.358 e. The van der Waals surface area contributed by atoms with Gasteiger partial charge in [-0.05, 0) is 30.2 Å². The number of carbonyl (C=O) groups excluding carboxylic acids is 1. The van der Waals surface area contributed by atoms with Gasteiger partial charge in [-0.3, -0.25) is 9.89 Å². The summed E-state index contributed by atoms with van der Waals surface area (Å²) in [5.74, 6) is -1.26. The molecular formula is C14H14F3N3O. The van der Waals surface area contributed by atoms with Gasteiger partial charge in [-0.2, -0.15) is 18.3 Å². The first kappa shape index (κ1) is 15.1. The van der Waals surface area contributed by atoms with Gasteiger partial charge in [0, 0.05) is 13.2 Å². The topological polar surface area (TPSA) is 57.8 Å². The summed E-state index contributed by atoms with van der Waals surface area (Å²) in [6.45, 7) is 1.37. The quantitative estimate of drug-likeness (QED) is 0.915. The Morgan fingerprint density at radius 1 is 1.33 bits per heavy atom. The van der Waals surface area contributed by atoms with Crippen LogP contribution in [-0.4, -0.2) is 23.2 Å². The molecule has 7 heteroatoms. The van der Waals surface area contributed by atoms with Gasteiger partial charge in [-0.25, -0.2) is 0 Å². The fourth-order valence-corrected chi connectivity index (χ4v) is 2.30. The Morgan fingerprint density at radius 3 is 2.57 bits per heavy atom. The zero-order valence-electron chi connectivity index (χ0n) is 11.5. The molecule has 1 aromatic heterocycles. The third kappa shape index (κ3) is 2.91. The maximum atomic E-state index is 13.0. The number of hydrogen-bond acceptors (Lipinski definition) is 2. The second-order valence-corrected chi connectivity index (χ2v) is 4.58. The van der Waals surface area contributed by atoms with E-state index in [4.69, 9.17) is 0 Å². The Morgan fingerprint density at radius 2 is 2.05 bits per heavy atom. The number of hydrogen-bond donors (Lipinski definition) is 2. The molecule has 0 aliphatic carbocycles. The maximum Gasteiger partial charge on any atom is 0.416 e. The Kier molecular flexibility index (Phi) is 4.02. The Hall–Kier alpha value is -2.31. The molecule has 0 spiro atoms. The van der Waals surface area contributed by atoms with E-state index in [0.29, 0.717) is 11.3 Å². The number of amides is 1. The van der Waals surface area contributed by atoms with Crippen molar-refractivity contribution in [2.24, 2.45) is 0 Å². The molecule has 1 amide bonds. The second-order valence-electron chi connectivity index (χ2n) is 4.58. The van der Waals surface area contributed by atoms with Crippen LogP contribution >= 0.6 is 0 Å². The van der Waals surface area contributed by atoms with Crippen molar-refractivity contribution < 1.29 is 18.0 Å². The lowest BCUT2D eigenvalue weighted by Crippen LogP contribution is -2.28. The van der Waals surface area contributed by atoms with Crippen molar-refractivity contribution in [3.8, 4) is 0 Å². The number of rotatable bonds is 3. The van der Waals surface area contributed by atoms with Crippen LogP contribution in [0.4, 0.5) is 13.2 Å². The number of aromatic amines is 1. The monoisotopic (exact) mass is 297 g/mol. The molecule has 2 aromatic rings. The summed E-state index contributed by atoms with van der Waals surface area (Å²) in [4.78, 5) is 12.1. The molecule has 0 radical (unpaired) electrons. The molecule has 0 bridgehead atoms. The van der Waals surface area contributed by atoms with Crippen LogP contribution in [0.15, 0.2) is 30.5 Å². The fraction of sp³-hybridized carbons (Fsp3) is 0.286. The zero-order chi connectivity index (χ0) is 15.6. The van der Waals surface area contributed by atoms with Gasteiger partial charge in [0.05, 0.1) is 11.3 Å². The number of benzene rings is 1. The number of H-pyrrole nitrogens is 1. The fourth-order valence-electron chi connectivity index (χ4n) is 2.30. The highest BCUT2D eigenvalue weighted by molar-refractivity contribution is 5.86. The van der Waals surface area contributed by atoms with E-state index in [0.717, 1.165) is 6.07 Å². The van der Waals surface area contributed by atoms with Crippen molar-refractivity contribution in [3.63, 3.8) is 0 Å². The maximum absolute atomic E-state index is 13.0. The van der Waals surface area contributed by atoms with Gasteiger partial charge < -0.3 is 5.32 Å². The molecule has 112 valence electrons. The third-order valence-corrected chi connectivity index (χ3v) is 3.33. The van der Waals surface area contributed by atoms with Crippen LogP contribution in [0.2, 0.25) is 0 Å². The van der Waals surface area contributed by atoms with Gasteiger partial charge in [0.15, 0.2) is 0 Å². The number of carbonyl (C=O) groups is 1. The molecule has 0 aliphatic heterocycles. The lowest BCUT2D eigenvalue weighted by molar-refractivity contribution is -0.138. The third-order valence-electron chi connectivity index (χ3n) is 3.33. The lowest BCUT2D eigenvalue weighted by atomic mass is 9.89. The Bertz CT molecular complexity index is 635. The number of halogens is 3. The molecule has 21 heavy (non-hydrogen) atoms. The number of alkyl halides is 3. The number of likely N-dealkylation sites (N-methyl/N-ethyl adjacent to an activating group) is 1. The van der Waals surface area contributed by atoms with E-state index < -0.39 is 23.6 Å². The van der Waals surface area contributed by atoms with E-state index in [2.05, 4.69) is 15.5 Å². The van der Waals surface area contributed by atoms with Crippen LogP contribution in [-0.2, 0) is 11.0 Å². The average molecular weight is 297 g/mol. The number of nitrogens with zero attached hydrogens (tertiary/aromatic N) is 1. The minimum atomic E-state index is -4.46. The molecule has 0 saturated carbocycles. The SMILES string of the molecule is CNC(=O)C(c1ccn[nH]1)c1cccc(C(F)(F)F)c1C. The van der Waals surface area contributed by atoms with Crippen LogP contribution in [0.5, 0.6) is 0 Å². The van der Waals surface area contributed by atoms with Gasteiger partial charge in [-0.15, -0.1) is 0 Å². The summed E-state index contributed by atoms with van der Waals surface area (Å²) >= 11 is 0. The predicted molar refractivity (Wildman–Crippen MR) is 70.7 cm³/mol. The zero-order valence-corrected chi connectivity index (χ0v) is 11.5. The minimum absolute atomic E-state index is 0.0354. The summed E-state index contributed by atoms with van der Waals surface area (Å²) in [6.07, 6.45) is -3.00. The highest BCUT2D eigenvalue weighted by Gasteiger charge is 2.35. The Labute approximate surface area is 119 Å². The molecule has 0 fully saturated rings. The van der Waals surface area contributed by atoms with Crippen molar-refractivity contribution in [2.45, 2.75) is 19.0 Å². The highest BCUT2D eigenvalue weighted by atomic mass is 19.4. The molecule has 1 atom stereocenters. The van der Waals surface area contributed by atoms with Crippen LogP contribution in [0.3, 0.4) is 0 Å². The minimum Gasteiger partial charge on any atom is -0.358 e.